The quantitative estimate of drug-likeness (QED) is 0.833. The zero-order valence-corrected chi connectivity index (χ0v) is 11.2. The van der Waals surface area contributed by atoms with Crippen molar-refractivity contribution in [3.63, 3.8) is 0 Å². The first-order valence-electron chi connectivity index (χ1n) is 7.17. The van der Waals surface area contributed by atoms with E-state index in [0.717, 1.165) is 24.1 Å². The fourth-order valence-corrected chi connectivity index (χ4v) is 2.70. The van der Waals surface area contributed by atoms with Crippen LogP contribution in [-0.4, -0.2) is 29.1 Å². The Morgan fingerprint density at radius 1 is 1.17 bits per heavy atom. The van der Waals surface area contributed by atoms with Gasteiger partial charge in [0, 0.05) is 19.1 Å². The fraction of sp³-hybridized carbons (Fsp3) is 0.625. The van der Waals surface area contributed by atoms with Gasteiger partial charge in [0.15, 0.2) is 0 Å². The van der Waals surface area contributed by atoms with Gasteiger partial charge in [0.1, 0.15) is 0 Å². The first-order valence-corrected chi connectivity index (χ1v) is 7.17. The molecule has 2 nitrogen and oxygen atoms in total. The molecule has 0 heterocycles. The lowest BCUT2D eigenvalue weighted by atomic mass is 9.95. The van der Waals surface area contributed by atoms with Crippen LogP contribution >= 0.6 is 0 Å². The smallest absolute Gasteiger partial charge is 0.0994 e. The van der Waals surface area contributed by atoms with Gasteiger partial charge in [0.05, 0.1) is 5.60 Å². The van der Waals surface area contributed by atoms with Crippen LogP contribution in [0.25, 0.3) is 0 Å². The second-order valence-corrected chi connectivity index (χ2v) is 6.24. The lowest BCUT2D eigenvalue weighted by Gasteiger charge is -2.32. The molecule has 0 aliphatic heterocycles. The van der Waals surface area contributed by atoms with Gasteiger partial charge in [-0.25, -0.2) is 0 Å². The van der Waals surface area contributed by atoms with E-state index in [4.69, 9.17) is 0 Å². The van der Waals surface area contributed by atoms with Crippen LogP contribution in [0.4, 0.5) is 0 Å². The summed E-state index contributed by atoms with van der Waals surface area (Å²) in [5, 5.41) is 10.7. The number of benzene rings is 1. The van der Waals surface area contributed by atoms with Crippen molar-refractivity contribution in [3.8, 4) is 0 Å². The van der Waals surface area contributed by atoms with Crippen LogP contribution < -0.4 is 0 Å². The molecular weight excluding hydrogens is 222 g/mol. The molecule has 98 valence electrons. The average Bonchev–Trinajstić information content (AvgIpc) is 3.22. The van der Waals surface area contributed by atoms with Crippen LogP contribution in [0, 0.1) is 5.92 Å². The van der Waals surface area contributed by atoms with Gasteiger partial charge in [0.25, 0.3) is 0 Å². The SMILES string of the molecule is CC(O)(CN(CC1CC1)C1CC1)c1ccccc1. The van der Waals surface area contributed by atoms with Gasteiger partial charge in [-0.15, -0.1) is 0 Å². The summed E-state index contributed by atoms with van der Waals surface area (Å²) in [7, 11) is 0. The highest BCUT2D eigenvalue weighted by Gasteiger charge is 2.37. The molecule has 2 heteroatoms. The van der Waals surface area contributed by atoms with E-state index in [0.29, 0.717) is 0 Å². The number of hydrogen-bond donors (Lipinski definition) is 1. The van der Waals surface area contributed by atoms with E-state index in [1.165, 1.54) is 32.2 Å². The highest BCUT2D eigenvalue weighted by molar-refractivity contribution is 5.22. The van der Waals surface area contributed by atoms with Gasteiger partial charge in [-0.1, -0.05) is 30.3 Å². The number of rotatable bonds is 6. The lowest BCUT2D eigenvalue weighted by molar-refractivity contribution is 0.0117. The summed E-state index contributed by atoms with van der Waals surface area (Å²) in [5.74, 6) is 0.900. The molecule has 2 aliphatic rings. The number of hydrogen-bond acceptors (Lipinski definition) is 2. The molecule has 18 heavy (non-hydrogen) atoms. The second-order valence-electron chi connectivity index (χ2n) is 6.24. The molecule has 0 aromatic heterocycles. The largest absolute Gasteiger partial charge is 0.384 e. The normalized spacial score (nSPS) is 23.1. The molecule has 0 saturated heterocycles. The van der Waals surface area contributed by atoms with Crippen molar-refractivity contribution in [1.29, 1.82) is 0 Å². The van der Waals surface area contributed by atoms with Gasteiger partial charge in [0.2, 0.25) is 0 Å². The second kappa shape index (κ2) is 4.67. The van der Waals surface area contributed by atoms with E-state index in [1.807, 2.05) is 37.3 Å². The zero-order chi connectivity index (χ0) is 12.6. The van der Waals surface area contributed by atoms with Crippen LogP contribution in [0.3, 0.4) is 0 Å². The maximum atomic E-state index is 10.7. The Kier molecular flexibility index (Phi) is 3.16. The first-order chi connectivity index (χ1) is 8.65. The summed E-state index contributed by atoms with van der Waals surface area (Å²) in [6, 6.07) is 10.8. The van der Waals surface area contributed by atoms with E-state index < -0.39 is 5.60 Å². The Morgan fingerprint density at radius 2 is 1.83 bits per heavy atom. The van der Waals surface area contributed by atoms with Crippen LogP contribution in [0.1, 0.15) is 38.2 Å². The van der Waals surface area contributed by atoms with Crippen LogP contribution in [0.2, 0.25) is 0 Å². The van der Waals surface area contributed by atoms with Crippen molar-refractivity contribution in [2.75, 3.05) is 13.1 Å². The molecule has 1 aromatic carbocycles. The summed E-state index contributed by atoms with van der Waals surface area (Å²) in [4.78, 5) is 2.52. The van der Waals surface area contributed by atoms with Gasteiger partial charge in [-0.05, 0) is 44.1 Å². The maximum absolute atomic E-state index is 10.7. The van der Waals surface area contributed by atoms with Crippen molar-refractivity contribution >= 4 is 0 Å². The summed E-state index contributed by atoms with van der Waals surface area (Å²) < 4.78 is 0. The Bertz CT molecular complexity index is 393. The Morgan fingerprint density at radius 3 is 2.39 bits per heavy atom. The average molecular weight is 245 g/mol. The minimum Gasteiger partial charge on any atom is -0.384 e. The third-order valence-corrected chi connectivity index (χ3v) is 4.16. The molecule has 2 saturated carbocycles. The molecule has 1 unspecified atom stereocenters. The monoisotopic (exact) mass is 245 g/mol. The molecule has 1 aromatic rings. The number of nitrogens with zero attached hydrogens (tertiary/aromatic N) is 1. The van der Waals surface area contributed by atoms with Gasteiger partial charge in [-0.2, -0.15) is 0 Å². The molecule has 2 fully saturated rings. The third-order valence-electron chi connectivity index (χ3n) is 4.16. The molecule has 2 aliphatic carbocycles. The summed E-state index contributed by atoms with van der Waals surface area (Å²) in [5.41, 5.74) is 0.310. The molecule has 0 bridgehead atoms. The summed E-state index contributed by atoms with van der Waals surface area (Å²) >= 11 is 0. The van der Waals surface area contributed by atoms with Crippen molar-refractivity contribution in [1.82, 2.24) is 4.90 Å². The molecule has 0 amide bonds. The molecule has 1 atom stereocenters. The fourth-order valence-electron chi connectivity index (χ4n) is 2.70. The third kappa shape index (κ3) is 2.93. The Hall–Kier alpha value is -0.860. The van der Waals surface area contributed by atoms with Crippen molar-refractivity contribution in [3.05, 3.63) is 35.9 Å². The van der Waals surface area contributed by atoms with E-state index in [-0.39, 0.29) is 0 Å². The lowest BCUT2D eigenvalue weighted by Crippen LogP contribution is -2.41. The van der Waals surface area contributed by atoms with Crippen molar-refractivity contribution < 1.29 is 5.11 Å². The van der Waals surface area contributed by atoms with Crippen LogP contribution in [0.5, 0.6) is 0 Å². The highest BCUT2D eigenvalue weighted by atomic mass is 16.3. The molecule has 0 spiro atoms. The first kappa shape index (κ1) is 12.2. The van der Waals surface area contributed by atoms with E-state index in [9.17, 15) is 5.11 Å². The van der Waals surface area contributed by atoms with Gasteiger partial charge < -0.3 is 5.11 Å². The molecule has 1 N–H and O–H groups in total. The molecule has 3 rings (SSSR count). The maximum Gasteiger partial charge on any atom is 0.0994 e. The minimum atomic E-state index is -0.723. The van der Waals surface area contributed by atoms with E-state index in [1.54, 1.807) is 0 Å². The van der Waals surface area contributed by atoms with Crippen molar-refractivity contribution in [2.45, 2.75) is 44.2 Å². The van der Waals surface area contributed by atoms with E-state index in [2.05, 4.69) is 4.90 Å². The topological polar surface area (TPSA) is 23.5 Å². The van der Waals surface area contributed by atoms with Crippen LogP contribution in [-0.2, 0) is 5.60 Å². The molecular formula is C16H23NO. The standard InChI is InChI=1S/C16H23NO/c1-16(18,14-5-3-2-4-6-14)12-17(15-9-10-15)11-13-7-8-13/h2-6,13,15,18H,7-12H2,1H3. The predicted molar refractivity (Wildman–Crippen MR) is 73.3 cm³/mol. The summed E-state index contributed by atoms with van der Waals surface area (Å²) in [6.07, 6.45) is 5.41. The molecule has 0 radical (unpaired) electrons. The van der Waals surface area contributed by atoms with Crippen molar-refractivity contribution in [2.24, 2.45) is 5.92 Å². The summed E-state index contributed by atoms with van der Waals surface area (Å²) in [6.45, 7) is 3.91. The zero-order valence-electron chi connectivity index (χ0n) is 11.2. The Labute approximate surface area is 110 Å². The van der Waals surface area contributed by atoms with E-state index >= 15 is 0 Å². The predicted octanol–water partition coefficient (Wildman–Crippen LogP) is 2.77. The Balaban J connectivity index is 1.68. The van der Waals surface area contributed by atoms with Crippen LogP contribution in [0.15, 0.2) is 30.3 Å². The van der Waals surface area contributed by atoms with Gasteiger partial charge >= 0.3 is 0 Å². The highest BCUT2D eigenvalue weighted by Crippen LogP contribution is 2.36. The number of aliphatic hydroxyl groups is 1. The minimum absolute atomic E-state index is 0.723. The van der Waals surface area contributed by atoms with Gasteiger partial charge in [-0.3, -0.25) is 4.90 Å².